The van der Waals surface area contributed by atoms with Crippen molar-refractivity contribution in [2.75, 3.05) is 0 Å². The molecular formula is C12H26OSi. The first-order valence-corrected chi connectivity index (χ1v) is 8.44. The molecule has 14 heavy (non-hydrogen) atoms. The van der Waals surface area contributed by atoms with Crippen molar-refractivity contribution in [1.82, 2.24) is 0 Å². The van der Waals surface area contributed by atoms with Gasteiger partial charge in [-0.15, -0.1) is 6.58 Å². The number of rotatable bonds is 5. The van der Waals surface area contributed by atoms with Gasteiger partial charge < -0.3 is 4.43 Å². The van der Waals surface area contributed by atoms with Crippen LogP contribution in [0.4, 0.5) is 0 Å². The Kier molecular flexibility index (Phi) is 5.10. The predicted octanol–water partition coefficient (Wildman–Crippen LogP) is 4.36. The van der Waals surface area contributed by atoms with Gasteiger partial charge in [0.1, 0.15) is 0 Å². The van der Waals surface area contributed by atoms with E-state index in [2.05, 4.69) is 47.4 Å². The van der Waals surface area contributed by atoms with E-state index in [9.17, 15) is 0 Å². The van der Waals surface area contributed by atoms with Crippen LogP contribution in [0.5, 0.6) is 0 Å². The summed E-state index contributed by atoms with van der Waals surface area (Å²) >= 11 is 0. The van der Waals surface area contributed by atoms with E-state index < -0.39 is 8.32 Å². The van der Waals surface area contributed by atoms with Gasteiger partial charge in [0.05, 0.1) is 0 Å². The van der Waals surface area contributed by atoms with Gasteiger partial charge in [0.2, 0.25) is 0 Å². The fourth-order valence-corrected chi connectivity index (χ4v) is 2.53. The zero-order valence-corrected chi connectivity index (χ0v) is 11.7. The molecule has 0 saturated heterocycles. The summed E-state index contributed by atoms with van der Waals surface area (Å²) in [5.41, 5.74) is 0. The zero-order valence-electron chi connectivity index (χ0n) is 10.7. The second-order valence-electron chi connectivity index (χ2n) is 5.43. The van der Waals surface area contributed by atoms with Crippen molar-refractivity contribution in [3.8, 4) is 0 Å². The predicted molar refractivity (Wildman–Crippen MR) is 67.2 cm³/mol. The van der Waals surface area contributed by atoms with Gasteiger partial charge >= 0.3 is 0 Å². The molecule has 0 aromatic carbocycles. The van der Waals surface area contributed by atoms with Crippen LogP contribution < -0.4 is 0 Å². The molecule has 0 aliphatic carbocycles. The van der Waals surface area contributed by atoms with E-state index in [1.807, 2.05) is 6.08 Å². The summed E-state index contributed by atoms with van der Waals surface area (Å²) in [6, 6.07) is 0. The second kappa shape index (κ2) is 5.13. The molecule has 0 aliphatic heterocycles. The molecule has 0 heterocycles. The van der Waals surface area contributed by atoms with Crippen molar-refractivity contribution in [1.29, 1.82) is 0 Å². The third kappa shape index (κ3) is 3.97. The standard InChI is InChI=1S/C12H26OSi/c1-8-10-11(9-2)13-14(6,7)12(3,4)5/h8,11H,1,9-10H2,2-7H3. The maximum atomic E-state index is 6.26. The largest absolute Gasteiger partial charge is 0.414 e. The van der Waals surface area contributed by atoms with Gasteiger partial charge in [-0.05, 0) is 31.0 Å². The van der Waals surface area contributed by atoms with Gasteiger partial charge in [-0.3, -0.25) is 0 Å². The van der Waals surface area contributed by atoms with Gasteiger partial charge in [0.25, 0.3) is 0 Å². The molecule has 0 fully saturated rings. The average molecular weight is 214 g/mol. The Bertz CT molecular complexity index is 179. The SMILES string of the molecule is C=CCC(CC)O[Si](C)(C)C(C)(C)C. The lowest BCUT2D eigenvalue weighted by molar-refractivity contribution is 0.179. The van der Waals surface area contributed by atoms with Crippen molar-refractivity contribution < 1.29 is 4.43 Å². The van der Waals surface area contributed by atoms with E-state index in [0.29, 0.717) is 11.1 Å². The van der Waals surface area contributed by atoms with Crippen LogP contribution in [0.15, 0.2) is 12.7 Å². The molecule has 0 amide bonds. The fraction of sp³-hybridized carbons (Fsp3) is 0.833. The van der Waals surface area contributed by atoms with Crippen LogP contribution in [0.2, 0.25) is 18.1 Å². The molecule has 0 aromatic heterocycles. The Labute approximate surface area is 90.7 Å². The normalized spacial score (nSPS) is 15.3. The highest BCUT2D eigenvalue weighted by Gasteiger charge is 2.38. The molecular weight excluding hydrogens is 188 g/mol. The summed E-state index contributed by atoms with van der Waals surface area (Å²) in [5, 5.41) is 0.307. The Morgan fingerprint density at radius 1 is 1.36 bits per heavy atom. The molecule has 0 spiro atoms. The highest BCUT2D eigenvalue weighted by Crippen LogP contribution is 2.37. The van der Waals surface area contributed by atoms with Gasteiger partial charge in [0, 0.05) is 6.10 Å². The molecule has 0 saturated carbocycles. The van der Waals surface area contributed by atoms with Crippen LogP contribution >= 0.6 is 0 Å². The first-order valence-electron chi connectivity index (χ1n) is 5.53. The maximum Gasteiger partial charge on any atom is 0.192 e. The summed E-state index contributed by atoms with van der Waals surface area (Å²) in [6.45, 7) is 17.4. The van der Waals surface area contributed by atoms with Crippen molar-refractivity contribution in [2.24, 2.45) is 0 Å². The van der Waals surface area contributed by atoms with Crippen molar-refractivity contribution in [3.63, 3.8) is 0 Å². The molecule has 1 nitrogen and oxygen atoms in total. The van der Waals surface area contributed by atoms with E-state index >= 15 is 0 Å². The zero-order chi connectivity index (χ0) is 11.4. The number of hydrogen-bond donors (Lipinski definition) is 0. The molecule has 0 radical (unpaired) electrons. The molecule has 2 heteroatoms. The topological polar surface area (TPSA) is 9.23 Å². The molecule has 0 bridgehead atoms. The van der Waals surface area contributed by atoms with Crippen LogP contribution in [0.1, 0.15) is 40.5 Å². The fourth-order valence-electron chi connectivity index (χ4n) is 1.08. The lowest BCUT2D eigenvalue weighted by Gasteiger charge is -2.39. The minimum Gasteiger partial charge on any atom is -0.414 e. The highest BCUT2D eigenvalue weighted by molar-refractivity contribution is 6.74. The average Bonchev–Trinajstić information content (AvgIpc) is 2.01. The monoisotopic (exact) mass is 214 g/mol. The van der Waals surface area contributed by atoms with Gasteiger partial charge in [-0.25, -0.2) is 0 Å². The van der Waals surface area contributed by atoms with Crippen LogP contribution in [0, 0.1) is 0 Å². The van der Waals surface area contributed by atoms with E-state index in [1.165, 1.54) is 0 Å². The van der Waals surface area contributed by atoms with Crippen LogP contribution in [0.25, 0.3) is 0 Å². The van der Waals surface area contributed by atoms with Crippen molar-refractivity contribution >= 4 is 8.32 Å². The molecule has 1 atom stereocenters. The molecule has 84 valence electrons. The smallest absolute Gasteiger partial charge is 0.192 e. The van der Waals surface area contributed by atoms with Crippen LogP contribution in [-0.2, 0) is 4.43 Å². The minimum atomic E-state index is -1.57. The summed E-state index contributed by atoms with van der Waals surface area (Å²) < 4.78 is 6.26. The molecule has 0 N–H and O–H groups in total. The quantitative estimate of drug-likeness (QED) is 0.488. The maximum absolute atomic E-state index is 6.26. The summed E-state index contributed by atoms with van der Waals surface area (Å²) in [4.78, 5) is 0. The Morgan fingerprint density at radius 3 is 2.14 bits per heavy atom. The van der Waals surface area contributed by atoms with Crippen LogP contribution in [-0.4, -0.2) is 14.4 Å². The van der Waals surface area contributed by atoms with Crippen LogP contribution in [0.3, 0.4) is 0 Å². The lowest BCUT2D eigenvalue weighted by Crippen LogP contribution is -2.43. The third-order valence-corrected chi connectivity index (χ3v) is 7.69. The summed E-state index contributed by atoms with van der Waals surface area (Å²) in [7, 11) is -1.57. The van der Waals surface area contributed by atoms with Gasteiger partial charge in [-0.1, -0.05) is 33.8 Å². The second-order valence-corrected chi connectivity index (χ2v) is 10.2. The Balaban J connectivity index is 4.39. The van der Waals surface area contributed by atoms with Gasteiger partial charge in [0.15, 0.2) is 8.32 Å². The summed E-state index contributed by atoms with van der Waals surface area (Å²) in [5.74, 6) is 0. The van der Waals surface area contributed by atoms with Gasteiger partial charge in [-0.2, -0.15) is 0 Å². The first kappa shape index (κ1) is 13.9. The van der Waals surface area contributed by atoms with Crippen molar-refractivity contribution in [3.05, 3.63) is 12.7 Å². The third-order valence-electron chi connectivity index (χ3n) is 3.15. The Hall–Kier alpha value is -0.0831. The van der Waals surface area contributed by atoms with Crippen molar-refractivity contribution in [2.45, 2.75) is 64.8 Å². The molecule has 0 aromatic rings. The lowest BCUT2D eigenvalue weighted by atomic mass is 10.2. The minimum absolute atomic E-state index is 0.307. The number of hydrogen-bond acceptors (Lipinski definition) is 1. The molecule has 0 rings (SSSR count). The molecule has 0 aliphatic rings. The van der Waals surface area contributed by atoms with E-state index in [-0.39, 0.29) is 0 Å². The first-order chi connectivity index (χ1) is 6.24. The van der Waals surface area contributed by atoms with E-state index in [1.54, 1.807) is 0 Å². The van der Waals surface area contributed by atoms with E-state index in [0.717, 1.165) is 12.8 Å². The Morgan fingerprint density at radius 2 is 1.86 bits per heavy atom. The summed E-state index contributed by atoms with van der Waals surface area (Å²) in [6.07, 6.45) is 4.39. The van der Waals surface area contributed by atoms with E-state index in [4.69, 9.17) is 4.43 Å². The highest BCUT2D eigenvalue weighted by atomic mass is 28.4. The molecule has 1 unspecified atom stereocenters.